The third kappa shape index (κ3) is 4.44. The van der Waals surface area contributed by atoms with Crippen molar-refractivity contribution in [2.24, 2.45) is 17.8 Å². The van der Waals surface area contributed by atoms with Gasteiger partial charge < -0.3 is 0 Å². The number of hydrogen-bond donors (Lipinski definition) is 0. The van der Waals surface area contributed by atoms with Gasteiger partial charge in [0.1, 0.15) is 0 Å². The van der Waals surface area contributed by atoms with Crippen LogP contribution in [0.5, 0.6) is 0 Å². The van der Waals surface area contributed by atoms with Gasteiger partial charge in [-0.25, -0.2) is 0 Å². The monoisotopic (exact) mass is 286 g/mol. The van der Waals surface area contributed by atoms with Crippen molar-refractivity contribution in [1.29, 1.82) is 0 Å². The number of hydrogen-bond acceptors (Lipinski definition) is 0. The zero-order chi connectivity index (χ0) is 15.3. The first kappa shape index (κ1) is 16.3. The van der Waals surface area contributed by atoms with Crippen LogP contribution in [0.25, 0.3) is 0 Å². The molecule has 0 aromatic heterocycles. The summed E-state index contributed by atoms with van der Waals surface area (Å²) in [6.45, 7) is 8.12. The molecule has 0 saturated carbocycles. The normalized spacial score (nSPS) is 33.6. The van der Waals surface area contributed by atoms with Crippen LogP contribution < -0.4 is 0 Å². The van der Waals surface area contributed by atoms with Crippen LogP contribution in [0.2, 0.25) is 0 Å². The Morgan fingerprint density at radius 1 is 1.19 bits per heavy atom. The molecule has 2 rings (SSSR count). The maximum atomic E-state index is 2.48. The molecule has 0 N–H and O–H groups in total. The lowest BCUT2D eigenvalue weighted by Gasteiger charge is -2.33. The van der Waals surface area contributed by atoms with E-state index in [2.05, 4.69) is 70.6 Å². The number of nitrogens with zero attached hydrogens (tertiary/aromatic N) is 1. The second-order valence-electron chi connectivity index (χ2n) is 7.01. The Hall–Kier alpha value is -1.08. The van der Waals surface area contributed by atoms with Gasteiger partial charge >= 0.3 is 0 Å². The maximum absolute atomic E-state index is 2.48. The van der Waals surface area contributed by atoms with Crippen LogP contribution in [0.3, 0.4) is 0 Å². The summed E-state index contributed by atoms with van der Waals surface area (Å²) in [6.07, 6.45) is 21.6. The van der Waals surface area contributed by atoms with E-state index in [-0.39, 0.29) is 0 Å². The molecule has 1 heteroatoms. The highest BCUT2D eigenvalue weighted by Crippen LogP contribution is 2.28. The van der Waals surface area contributed by atoms with E-state index < -0.39 is 0 Å². The van der Waals surface area contributed by atoms with Gasteiger partial charge in [-0.1, -0.05) is 44.6 Å². The molecule has 2 unspecified atom stereocenters. The first-order valence-electron chi connectivity index (χ1n) is 8.64. The minimum atomic E-state index is 0.638. The average Bonchev–Trinajstić information content (AvgIpc) is 2.73. The zero-order valence-electron chi connectivity index (χ0n) is 14.3. The number of rotatable bonds is 5. The molecule has 0 aromatic rings. The molecular formula is C20H32N+. The van der Waals surface area contributed by atoms with Gasteiger partial charge in [0.05, 0.1) is 26.0 Å². The van der Waals surface area contributed by atoms with Crippen LogP contribution in [-0.4, -0.2) is 18.1 Å². The van der Waals surface area contributed by atoms with E-state index in [1.807, 2.05) is 0 Å². The van der Waals surface area contributed by atoms with Crippen molar-refractivity contribution in [1.82, 2.24) is 0 Å². The third-order valence-corrected chi connectivity index (χ3v) is 5.13. The van der Waals surface area contributed by atoms with E-state index in [0.29, 0.717) is 17.8 Å². The van der Waals surface area contributed by atoms with Gasteiger partial charge in [0.15, 0.2) is 0 Å². The molecule has 116 valence electrons. The lowest BCUT2D eigenvalue weighted by molar-refractivity contribution is -0.812. The third-order valence-electron chi connectivity index (χ3n) is 5.13. The summed E-state index contributed by atoms with van der Waals surface area (Å²) in [4.78, 5) is 0. The van der Waals surface area contributed by atoms with Crippen LogP contribution in [0.1, 0.15) is 46.5 Å². The topological polar surface area (TPSA) is 0 Å². The first-order valence-corrected chi connectivity index (χ1v) is 8.64. The minimum absolute atomic E-state index is 0.638. The molecule has 1 heterocycles. The second kappa shape index (κ2) is 7.26. The molecule has 1 nitrogen and oxygen atoms in total. The van der Waals surface area contributed by atoms with Crippen molar-refractivity contribution in [3.05, 3.63) is 48.4 Å². The van der Waals surface area contributed by atoms with Gasteiger partial charge in [0, 0.05) is 11.8 Å². The fourth-order valence-corrected chi connectivity index (χ4v) is 3.45. The Kier molecular flexibility index (Phi) is 5.64. The highest BCUT2D eigenvalue weighted by Gasteiger charge is 2.26. The molecule has 1 aliphatic carbocycles. The molecule has 0 spiro atoms. The molecule has 2 aliphatic rings. The summed E-state index contributed by atoms with van der Waals surface area (Å²) >= 11 is 0. The lowest BCUT2D eigenvalue weighted by atomic mass is 9.89. The van der Waals surface area contributed by atoms with E-state index in [9.17, 15) is 0 Å². The Bertz CT molecular complexity index is 438. The van der Waals surface area contributed by atoms with Crippen molar-refractivity contribution < 1.29 is 4.48 Å². The molecule has 0 aromatic carbocycles. The van der Waals surface area contributed by atoms with Gasteiger partial charge in [-0.15, -0.1) is 0 Å². The van der Waals surface area contributed by atoms with Gasteiger partial charge in [-0.3, -0.25) is 4.48 Å². The van der Waals surface area contributed by atoms with Crippen molar-refractivity contribution in [3.63, 3.8) is 0 Å². The summed E-state index contributed by atoms with van der Waals surface area (Å²) < 4.78 is 0.951. The minimum Gasteiger partial charge on any atom is -0.274 e. The van der Waals surface area contributed by atoms with Crippen LogP contribution in [0, 0.1) is 17.8 Å². The summed E-state index contributed by atoms with van der Waals surface area (Å²) in [5.74, 6) is 2.03. The molecule has 0 saturated heterocycles. The van der Waals surface area contributed by atoms with Gasteiger partial charge in [-0.05, 0) is 43.8 Å². The van der Waals surface area contributed by atoms with E-state index in [1.165, 1.54) is 25.8 Å². The Labute approximate surface area is 131 Å². The van der Waals surface area contributed by atoms with Gasteiger partial charge in [0.25, 0.3) is 0 Å². The van der Waals surface area contributed by atoms with E-state index in [1.54, 1.807) is 5.57 Å². The predicted molar refractivity (Wildman–Crippen MR) is 92.5 cm³/mol. The maximum Gasteiger partial charge on any atom is 0.0968 e. The number of allylic oxidation sites excluding steroid dienone is 6. The molecule has 21 heavy (non-hydrogen) atoms. The first-order chi connectivity index (χ1) is 10.1. The molecule has 0 bridgehead atoms. The smallest absolute Gasteiger partial charge is 0.0968 e. The van der Waals surface area contributed by atoms with Crippen molar-refractivity contribution >= 4 is 0 Å². The van der Waals surface area contributed by atoms with Crippen molar-refractivity contribution in [2.45, 2.75) is 46.5 Å². The SMILES string of the molecule is CCC1=CCC(C(C)C[N+]2(C)C=CC(CC)C=C2)C=CC1. The fraction of sp³-hybridized carbons (Fsp3) is 0.600. The Balaban J connectivity index is 1.97. The van der Waals surface area contributed by atoms with E-state index in [4.69, 9.17) is 0 Å². The van der Waals surface area contributed by atoms with E-state index in [0.717, 1.165) is 10.9 Å². The largest absolute Gasteiger partial charge is 0.274 e. The Morgan fingerprint density at radius 3 is 2.52 bits per heavy atom. The van der Waals surface area contributed by atoms with Gasteiger partial charge in [0.2, 0.25) is 0 Å². The van der Waals surface area contributed by atoms with Crippen molar-refractivity contribution in [2.75, 3.05) is 13.6 Å². The summed E-state index contributed by atoms with van der Waals surface area (Å²) in [7, 11) is 2.32. The average molecular weight is 286 g/mol. The molecule has 0 amide bonds. The van der Waals surface area contributed by atoms with Gasteiger partial charge in [-0.2, -0.15) is 0 Å². The number of quaternary nitrogens is 1. The molecule has 0 fully saturated rings. The predicted octanol–water partition coefficient (Wildman–Crippen LogP) is 5.44. The molecular weight excluding hydrogens is 254 g/mol. The van der Waals surface area contributed by atoms with Crippen molar-refractivity contribution in [3.8, 4) is 0 Å². The standard InChI is InChI=1S/C20H32N/c1-5-18-8-7-9-20(11-10-18)17(3)16-21(4)14-12-19(6-2)13-15-21/h7,9-10,12-15,17,19-20H,5-6,8,11,16H2,1-4H3/q+1. The molecule has 0 radical (unpaired) electrons. The second-order valence-corrected chi connectivity index (χ2v) is 7.01. The lowest BCUT2D eigenvalue weighted by Crippen LogP contribution is -2.39. The zero-order valence-corrected chi connectivity index (χ0v) is 14.3. The quantitative estimate of drug-likeness (QED) is 0.466. The summed E-state index contributed by atoms with van der Waals surface area (Å²) in [5.41, 5.74) is 1.60. The molecule has 2 atom stereocenters. The van der Waals surface area contributed by atoms with E-state index >= 15 is 0 Å². The Morgan fingerprint density at radius 2 is 1.90 bits per heavy atom. The highest BCUT2D eigenvalue weighted by molar-refractivity contribution is 5.13. The fourth-order valence-electron chi connectivity index (χ4n) is 3.45. The summed E-state index contributed by atoms with van der Waals surface area (Å²) in [6, 6.07) is 0. The summed E-state index contributed by atoms with van der Waals surface area (Å²) in [5, 5.41) is 0. The highest BCUT2D eigenvalue weighted by atomic mass is 15.3. The van der Waals surface area contributed by atoms with Crippen LogP contribution in [-0.2, 0) is 0 Å². The van der Waals surface area contributed by atoms with Crippen LogP contribution in [0.4, 0.5) is 0 Å². The van der Waals surface area contributed by atoms with Crippen LogP contribution >= 0.6 is 0 Å². The molecule has 1 aliphatic heterocycles. The van der Waals surface area contributed by atoms with Crippen LogP contribution in [0.15, 0.2) is 48.4 Å².